The fraction of sp³-hybridized carbons (Fsp3) is 0.333. The van der Waals surface area contributed by atoms with Crippen molar-refractivity contribution in [3.8, 4) is 5.75 Å². The van der Waals surface area contributed by atoms with E-state index in [1.54, 1.807) is 11.3 Å². The maximum Gasteiger partial charge on any atom is 0.124 e. The Morgan fingerprint density at radius 3 is 2.72 bits per heavy atom. The van der Waals surface area contributed by atoms with E-state index in [1.165, 1.54) is 11.1 Å². The molecule has 0 radical (unpaired) electrons. The lowest BCUT2D eigenvalue weighted by Crippen LogP contribution is -2.14. The average molecular weight is 261 g/mol. The monoisotopic (exact) mass is 261 g/mol. The zero-order valence-corrected chi connectivity index (χ0v) is 11.7. The first-order valence-corrected chi connectivity index (χ1v) is 7.16. The standard InChI is InChI=1S/C15H19NOS/c1-12(2)17-15-6-4-3-5-14(15)10-16-9-13-7-8-18-11-13/h3-8,11-12,16H,9-10H2,1-2H3. The van der Waals surface area contributed by atoms with Crippen molar-refractivity contribution >= 4 is 11.3 Å². The maximum absolute atomic E-state index is 5.80. The van der Waals surface area contributed by atoms with Gasteiger partial charge < -0.3 is 10.1 Å². The highest BCUT2D eigenvalue weighted by molar-refractivity contribution is 7.07. The highest BCUT2D eigenvalue weighted by Crippen LogP contribution is 2.19. The van der Waals surface area contributed by atoms with Crippen LogP contribution in [0.1, 0.15) is 25.0 Å². The molecule has 1 aromatic heterocycles. The molecule has 0 saturated heterocycles. The van der Waals surface area contributed by atoms with Crippen LogP contribution in [0.4, 0.5) is 0 Å². The fourth-order valence-electron chi connectivity index (χ4n) is 1.75. The van der Waals surface area contributed by atoms with Gasteiger partial charge in [0, 0.05) is 18.7 Å². The van der Waals surface area contributed by atoms with Gasteiger partial charge in [-0.25, -0.2) is 0 Å². The summed E-state index contributed by atoms with van der Waals surface area (Å²) in [5, 5.41) is 7.72. The number of rotatable bonds is 6. The number of benzene rings is 1. The molecule has 0 aliphatic heterocycles. The lowest BCUT2D eigenvalue weighted by atomic mass is 10.2. The Bertz CT molecular complexity index is 465. The molecule has 0 atom stereocenters. The summed E-state index contributed by atoms with van der Waals surface area (Å²) in [6.07, 6.45) is 0.211. The number of hydrogen-bond acceptors (Lipinski definition) is 3. The molecular formula is C15H19NOS. The zero-order valence-electron chi connectivity index (χ0n) is 10.8. The Hall–Kier alpha value is -1.32. The Morgan fingerprint density at radius 1 is 1.17 bits per heavy atom. The molecule has 3 heteroatoms. The van der Waals surface area contributed by atoms with Crippen LogP contribution in [0, 0.1) is 0 Å². The minimum atomic E-state index is 0.211. The molecule has 0 amide bonds. The Kier molecular flexibility index (Phi) is 4.79. The van der Waals surface area contributed by atoms with Crippen molar-refractivity contribution in [2.75, 3.05) is 0 Å². The number of thiophene rings is 1. The van der Waals surface area contributed by atoms with Gasteiger partial charge in [-0.1, -0.05) is 18.2 Å². The van der Waals surface area contributed by atoms with E-state index in [0.717, 1.165) is 18.8 Å². The summed E-state index contributed by atoms with van der Waals surface area (Å²) >= 11 is 1.73. The van der Waals surface area contributed by atoms with Crippen LogP contribution in [0.25, 0.3) is 0 Å². The normalized spacial score (nSPS) is 10.8. The van der Waals surface area contributed by atoms with E-state index in [4.69, 9.17) is 4.74 Å². The molecule has 2 nitrogen and oxygen atoms in total. The SMILES string of the molecule is CC(C)Oc1ccccc1CNCc1ccsc1. The van der Waals surface area contributed by atoms with Gasteiger partial charge in [-0.05, 0) is 42.3 Å². The van der Waals surface area contributed by atoms with Gasteiger partial charge in [0.1, 0.15) is 5.75 Å². The van der Waals surface area contributed by atoms with E-state index in [0.29, 0.717) is 0 Å². The second-order valence-corrected chi connectivity index (χ2v) is 5.29. The van der Waals surface area contributed by atoms with Gasteiger partial charge in [0.15, 0.2) is 0 Å². The summed E-state index contributed by atoms with van der Waals surface area (Å²) in [4.78, 5) is 0. The van der Waals surface area contributed by atoms with Crippen LogP contribution in [-0.2, 0) is 13.1 Å². The zero-order chi connectivity index (χ0) is 12.8. The third-order valence-corrected chi connectivity index (χ3v) is 3.29. The largest absolute Gasteiger partial charge is 0.491 e. The summed E-state index contributed by atoms with van der Waals surface area (Å²) in [6.45, 7) is 5.84. The van der Waals surface area contributed by atoms with E-state index in [-0.39, 0.29) is 6.10 Å². The van der Waals surface area contributed by atoms with Crippen molar-refractivity contribution in [1.29, 1.82) is 0 Å². The number of para-hydroxylation sites is 1. The predicted molar refractivity (Wildman–Crippen MR) is 77.1 cm³/mol. The van der Waals surface area contributed by atoms with E-state index >= 15 is 0 Å². The van der Waals surface area contributed by atoms with Gasteiger partial charge in [0.25, 0.3) is 0 Å². The molecule has 2 aromatic rings. The predicted octanol–water partition coefficient (Wildman–Crippen LogP) is 3.83. The first-order chi connectivity index (χ1) is 8.75. The second-order valence-electron chi connectivity index (χ2n) is 4.51. The topological polar surface area (TPSA) is 21.3 Å². The van der Waals surface area contributed by atoms with E-state index in [2.05, 4.69) is 48.1 Å². The lowest BCUT2D eigenvalue weighted by molar-refractivity contribution is 0.239. The molecule has 0 bridgehead atoms. The van der Waals surface area contributed by atoms with Crippen molar-refractivity contribution in [2.45, 2.75) is 33.0 Å². The van der Waals surface area contributed by atoms with Gasteiger partial charge in [-0.2, -0.15) is 11.3 Å². The third-order valence-electron chi connectivity index (χ3n) is 2.56. The molecule has 0 aliphatic rings. The van der Waals surface area contributed by atoms with Crippen molar-refractivity contribution in [2.24, 2.45) is 0 Å². The number of ether oxygens (including phenoxy) is 1. The Labute approximate surface area is 113 Å². The smallest absolute Gasteiger partial charge is 0.124 e. The summed E-state index contributed by atoms with van der Waals surface area (Å²) in [6, 6.07) is 10.4. The van der Waals surface area contributed by atoms with Gasteiger partial charge in [-0.15, -0.1) is 0 Å². The molecule has 0 unspecified atom stereocenters. The van der Waals surface area contributed by atoms with Crippen LogP contribution < -0.4 is 10.1 Å². The van der Waals surface area contributed by atoms with Crippen LogP contribution in [0.2, 0.25) is 0 Å². The Balaban J connectivity index is 1.92. The highest BCUT2D eigenvalue weighted by atomic mass is 32.1. The number of nitrogens with one attached hydrogen (secondary N) is 1. The summed E-state index contributed by atoms with van der Waals surface area (Å²) in [5.41, 5.74) is 2.55. The van der Waals surface area contributed by atoms with Crippen molar-refractivity contribution in [3.05, 3.63) is 52.2 Å². The lowest BCUT2D eigenvalue weighted by Gasteiger charge is -2.14. The molecule has 0 saturated carbocycles. The molecular weight excluding hydrogens is 242 g/mol. The van der Waals surface area contributed by atoms with Crippen LogP contribution in [0.5, 0.6) is 5.75 Å². The summed E-state index contributed by atoms with van der Waals surface area (Å²) in [5.74, 6) is 0.977. The van der Waals surface area contributed by atoms with Gasteiger partial charge in [0.05, 0.1) is 6.10 Å². The minimum absolute atomic E-state index is 0.211. The molecule has 1 N–H and O–H groups in total. The van der Waals surface area contributed by atoms with Crippen molar-refractivity contribution in [3.63, 3.8) is 0 Å². The fourth-order valence-corrected chi connectivity index (χ4v) is 2.42. The van der Waals surface area contributed by atoms with Crippen LogP contribution in [0.15, 0.2) is 41.1 Å². The second kappa shape index (κ2) is 6.57. The minimum Gasteiger partial charge on any atom is -0.491 e. The van der Waals surface area contributed by atoms with Crippen LogP contribution in [0.3, 0.4) is 0 Å². The summed E-state index contributed by atoms with van der Waals surface area (Å²) < 4.78 is 5.80. The van der Waals surface area contributed by atoms with Crippen LogP contribution >= 0.6 is 11.3 Å². The molecule has 18 heavy (non-hydrogen) atoms. The summed E-state index contributed by atoms with van der Waals surface area (Å²) in [7, 11) is 0. The molecule has 1 heterocycles. The average Bonchev–Trinajstić information content (AvgIpc) is 2.84. The molecule has 0 fully saturated rings. The highest BCUT2D eigenvalue weighted by Gasteiger charge is 2.04. The third kappa shape index (κ3) is 3.86. The molecule has 0 spiro atoms. The molecule has 1 aromatic carbocycles. The van der Waals surface area contributed by atoms with Crippen molar-refractivity contribution < 1.29 is 4.74 Å². The van der Waals surface area contributed by atoms with Gasteiger partial charge >= 0.3 is 0 Å². The first-order valence-electron chi connectivity index (χ1n) is 6.22. The van der Waals surface area contributed by atoms with E-state index < -0.39 is 0 Å². The van der Waals surface area contributed by atoms with Gasteiger partial charge in [0.2, 0.25) is 0 Å². The Morgan fingerprint density at radius 2 is 2.00 bits per heavy atom. The van der Waals surface area contributed by atoms with Crippen molar-refractivity contribution in [1.82, 2.24) is 5.32 Å². The quantitative estimate of drug-likeness (QED) is 0.853. The van der Waals surface area contributed by atoms with E-state index in [1.807, 2.05) is 12.1 Å². The maximum atomic E-state index is 5.80. The van der Waals surface area contributed by atoms with Crippen LogP contribution in [-0.4, -0.2) is 6.10 Å². The molecule has 96 valence electrons. The molecule has 0 aliphatic carbocycles. The van der Waals surface area contributed by atoms with E-state index in [9.17, 15) is 0 Å². The first kappa shape index (κ1) is 13.1. The molecule has 2 rings (SSSR count). The number of hydrogen-bond donors (Lipinski definition) is 1. The van der Waals surface area contributed by atoms with Gasteiger partial charge in [-0.3, -0.25) is 0 Å².